The van der Waals surface area contributed by atoms with Gasteiger partial charge in [0.2, 0.25) is 5.91 Å². The largest absolute Gasteiger partial charge is 0.273 e. The van der Waals surface area contributed by atoms with Gasteiger partial charge < -0.3 is 0 Å². The lowest BCUT2D eigenvalue weighted by Gasteiger charge is -2.00. The summed E-state index contributed by atoms with van der Waals surface area (Å²) in [6.45, 7) is 0. The zero-order valence-corrected chi connectivity index (χ0v) is 11.4. The molecule has 4 heteroatoms. The van der Waals surface area contributed by atoms with E-state index in [4.69, 9.17) is 0 Å². The van der Waals surface area contributed by atoms with Crippen LogP contribution < -0.4 is 5.43 Å². The summed E-state index contributed by atoms with van der Waals surface area (Å²) in [4.78, 5) is 11.9. The number of nitrogens with zero attached hydrogens (tertiary/aromatic N) is 1. The first-order valence-corrected chi connectivity index (χ1v) is 6.88. The van der Waals surface area contributed by atoms with Crippen molar-refractivity contribution in [1.29, 1.82) is 0 Å². The van der Waals surface area contributed by atoms with Crippen LogP contribution >= 0.6 is 0 Å². The number of carbonyl (C=O) groups excluding carboxylic acids is 1. The van der Waals surface area contributed by atoms with E-state index in [0.717, 1.165) is 6.42 Å². The van der Waals surface area contributed by atoms with Crippen LogP contribution in [0, 0.1) is 11.7 Å². The molecule has 21 heavy (non-hydrogen) atoms. The molecule has 1 fully saturated rings. The van der Waals surface area contributed by atoms with E-state index < -0.39 is 0 Å². The summed E-state index contributed by atoms with van der Waals surface area (Å²) in [5, 5.41) is 3.83. The quantitative estimate of drug-likeness (QED) is 0.679. The SMILES string of the molecule is O=C(N/N=C/c1ccccc1F)C1CC1c1ccccc1. The average molecular weight is 282 g/mol. The molecule has 1 aliphatic rings. The van der Waals surface area contributed by atoms with Crippen molar-refractivity contribution in [1.82, 2.24) is 5.43 Å². The van der Waals surface area contributed by atoms with Crippen LogP contribution in [0.1, 0.15) is 23.5 Å². The van der Waals surface area contributed by atoms with Gasteiger partial charge >= 0.3 is 0 Å². The number of hydrogen-bond donors (Lipinski definition) is 1. The Hall–Kier alpha value is -2.49. The fraction of sp³-hybridized carbons (Fsp3) is 0.176. The van der Waals surface area contributed by atoms with E-state index in [2.05, 4.69) is 10.5 Å². The Labute approximate surface area is 122 Å². The van der Waals surface area contributed by atoms with Gasteiger partial charge in [0.05, 0.1) is 6.21 Å². The van der Waals surface area contributed by atoms with Crippen LogP contribution in [-0.4, -0.2) is 12.1 Å². The topological polar surface area (TPSA) is 41.5 Å². The predicted molar refractivity (Wildman–Crippen MR) is 79.4 cm³/mol. The summed E-state index contributed by atoms with van der Waals surface area (Å²) in [6, 6.07) is 16.3. The third kappa shape index (κ3) is 3.16. The van der Waals surface area contributed by atoms with Gasteiger partial charge in [-0.25, -0.2) is 9.82 Å². The van der Waals surface area contributed by atoms with Crippen LogP contribution in [0.15, 0.2) is 59.7 Å². The highest BCUT2D eigenvalue weighted by Gasteiger charge is 2.43. The van der Waals surface area contributed by atoms with Crippen LogP contribution in [0.3, 0.4) is 0 Å². The maximum atomic E-state index is 13.4. The standard InChI is InChI=1S/C17H15FN2O/c18-16-9-5-4-8-13(16)11-19-20-17(21)15-10-14(15)12-6-2-1-3-7-12/h1-9,11,14-15H,10H2,(H,20,21)/b19-11+. The smallest absolute Gasteiger partial charge is 0.243 e. The Kier molecular flexibility index (Phi) is 3.77. The summed E-state index contributed by atoms with van der Waals surface area (Å²) in [5.74, 6) is -0.236. The first-order chi connectivity index (χ1) is 10.3. The summed E-state index contributed by atoms with van der Waals surface area (Å²) in [5.41, 5.74) is 4.02. The van der Waals surface area contributed by atoms with Crippen molar-refractivity contribution in [2.24, 2.45) is 11.0 Å². The van der Waals surface area contributed by atoms with E-state index in [1.807, 2.05) is 30.3 Å². The van der Waals surface area contributed by atoms with Crippen molar-refractivity contribution < 1.29 is 9.18 Å². The van der Waals surface area contributed by atoms with Gasteiger partial charge in [-0.3, -0.25) is 4.79 Å². The molecule has 3 rings (SSSR count). The molecule has 2 unspecified atom stereocenters. The number of hydrogen-bond acceptors (Lipinski definition) is 2. The molecule has 3 nitrogen and oxygen atoms in total. The maximum absolute atomic E-state index is 13.4. The van der Waals surface area contributed by atoms with Crippen LogP contribution in [-0.2, 0) is 4.79 Å². The molecule has 2 atom stereocenters. The van der Waals surface area contributed by atoms with Gasteiger partial charge in [-0.05, 0) is 24.0 Å². The number of rotatable bonds is 4. The first kappa shape index (κ1) is 13.5. The second-order valence-electron chi connectivity index (χ2n) is 5.12. The molecule has 0 spiro atoms. The number of halogens is 1. The molecule has 1 N–H and O–H groups in total. The Bertz CT molecular complexity index is 670. The molecule has 0 heterocycles. The van der Waals surface area contributed by atoms with E-state index in [9.17, 15) is 9.18 Å². The fourth-order valence-electron chi connectivity index (χ4n) is 2.38. The van der Waals surface area contributed by atoms with Gasteiger partial charge in [-0.2, -0.15) is 5.10 Å². The van der Waals surface area contributed by atoms with Crippen molar-refractivity contribution >= 4 is 12.1 Å². The molecular weight excluding hydrogens is 267 g/mol. The second-order valence-corrected chi connectivity index (χ2v) is 5.12. The third-order valence-corrected chi connectivity index (χ3v) is 3.64. The van der Waals surface area contributed by atoms with Crippen molar-refractivity contribution in [3.63, 3.8) is 0 Å². The number of carbonyl (C=O) groups is 1. The van der Waals surface area contributed by atoms with Gasteiger partial charge in [-0.1, -0.05) is 48.5 Å². The highest BCUT2D eigenvalue weighted by atomic mass is 19.1. The number of nitrogens with one attached hydrogen (secondary N) is 1. The number of benzene rings is 2. The van der Waals surface area contributed by atoms with Crippen LogP contribution in [0.4, 0.5) is 4.39 Å². The summed E-state index contributed by atoms with van der Waals surface area (Å²) in [7, 11) is 0. The summed E-state index contributed by atoms with van der Waals surface area (Å²) >= 11 is 0. The van der Waals surface area contributed by atoms with Crippen LogP contribution in [0.5, 0.6) is 0 Å². The lowest BCUT2D eigenvalue weighted by atomic mass is 10.1. The Morgan fingerprint density at radius 2 is 1.86 bits per heavy atom. The Balaban J connectivity index is 1.56. The maximum Gasteiger partial charge on any atom is 0.243 e. The monoisotopic (exact) mass is 282 g/mol. The molecule has 0 radical (unpaired) electrons. The van der Waals surface area contributed by atoms with Crippen molar-refractivity contribution in [2.75, 3.05) is 0 Å². The predicted octanol–water partition coefficient (Wildman–Crippen LogP) is 3.08. The molecule has 2 aromatic carbocycles. The zero-order chi connectivity index (χ0) is 14.7. The van der Waals surface area contributed by atoms with Crippen LogP contribution in [0.2, 0.25) is 0 Å². The lowest BCUT2D eigenvalue weighted by molar-refractivity contribution is -0.122. The second kappa shape index (κ2) is 5.87. The Morgan fingerprint density at radius 1 is 1.14 bits per heavy atom. The molecule has 1 amide bonds. The Morgan fingerprint density at radius 3 is 2.62 bits per heavy atom. The molecule has 106 valence electrons. The molecule has 0 aliphatic heterocycles. The fourth-order valence-corrected chi connectivity index (χ4v) is 2.38. The van der Waals surface area contributed by atoms with Gasteiger partial charge in [0, 0.05) is 11.5 Å². The highest BCUT2D eigenvalue weighted by Crippen LogP contribution is 2.47. The number of hydrazone groups is 1. The minimum Gasteiger partial charge on any atom is -0.273 e. The molecule has 0 saturated heterocycles. The van der Waals surface area contributed by atoms with Gasteiger partial charge in [0.25, 0.3) is 0 Å². The highest BCUT2D eigenvalue weighted by molar-refractivity contribution is 5.85. The minimum absolute atomic E-state index is 0.0369. The number of amides is 1. The molecule has 1 aliphatic carbocycles. The lowest BCUT2D eigenvalue weighted by Crippen LogP contribution is -2.20. The van der Waals surface area contributed by atoms with Crippen molar-refractivity contribution in [3.8, 4) is 0 Å². The van der Waals surface area contributed by atoms with E-state index in [1.165, 1.54) is 17.8 Å². The molecule has 0 bridgehead atoms. The molecule has 2 aromatic rings. The van der Waals surface area contributed by atoms with Gasteiger partial charge in [0.1, 0.15) is 5.82 Å². The van der Waals surface area contributed by atoms with Crippen molar-refractivity contribution in [2.45, 2.75) is 12.3 Å². The summed E-state index contributed by atoms with van der Waals surface area (Å²) in [6.07, 6.45) is 2.16. The molecule has 1 saturated carbocycles. The van der Waals surface area contributed by atoms with Gasteiger partial charge in [0.15, 0.2) is 0 Å². The van der Waals surface area contributed by atoms with E-state index in [-0.39, 0.29) is 23.6 Å². The summed E-state index contributed by atoms with van der Waals surface area (Å²) < 4.78 is 13.4. The molecular formula is C17H15FN2O. The molecule has 0 aromatic heterocycles. The van der Waals surface area contributed by atoms with E-state index in [1.54, 1.807) is 18.2 Å². The van der Waals surface area contributed by atoms with Crippen molar-refractivity contribution in [3.05, 3.63) is 71.5 Å². The van der Waals surface area contributed by atoms with E-state index in [0.29, 0.717) is 5.56 Å². The zero-order valence-electron chi connectivity index (χ0n) is 11.4. The minimum atomic E-state index is -0.357. The van der Waals surface area contributed by atoms with E-state index >= 15 is 0 Å². The van der Waals surface area contributed by atoms with Crippen LogP contribution in [0.25, 0.3) is 0 Å². The average Bonchev–Trinajstić information content (AvgIpc) is 3.31. The third-order valence-electron chi connectivity index (χ3n) is 3.64. The normalized spacial score (nSPS) is 20.4. The first-order valence-electron chi connectivity index (χ1n) is 6.88. The van der Waals surface area contributed by atoms with Gasteiger partial charge in [-0.15, -0.1) is 0 Å².